The topological polar surface area (TPSA) is 242 Å². The van der Waals surface area contributed by atoms with E-state index in [1.165, 1.54) is 0 Å². The molecule has 6 aromatic rings. The van der Waals surface area contributed by atoms with Gasteiger partial charge >= 0.3 is 19.5 Å². The van der Waals surface area contributed by atoms with Gasteiger partial charge < -0.3 is 14.9 Å². The minimum atomic E-state index is -3.98. The molecule has 0 saturated carbocycles. The van der Waals surface area contributed by atoms with Gasteiger partial charge in [0.2, 0.25) is 0 Å². The SMILES string of the molecule is O=[N+]([O-])c1ccc(S(=O)(=O)[N-]c2cccc3cccnc23)cc1.O=[N+]([O-])c1ccc(S(=O)(=O)[N-]c2cccc3cccnc23)cc1.[OH3+].[Zn+2]. The first-order valence-electron chi connectivity index (χ1n) is 13.1. The number of benzene rings is 4. The molecule has 18 heteroatoms. The molecule has 3 N–H and O–H groups in total. The standard InChI is InChI=1S/2C15H10N3O4S.H2O.Zn/c2*19-18(20)12-6-8-13(9-7-12)23(21,22)17-14-5-1-3-11-4-2-10-16-15(11)14;;/h2*1-10H;1H2;/q2*-1;;+2/p+1. The third kappa shape index (κ3) is 8.48. The summed E-state index contributed by atoms with van der Waals surface area (Å²) in [5.74, 6) is 0. The molecule has 2 heterocycles. The summed E-state index contributed by atoms with van der Waals surface area (Å²) in [6, 6.07) is 26.4. The van der Waals surface area contributed by atoms with Gasteiger partial charge in [0.05, 0.1) is 30.7 Å². The summed E-state index contributed by atoms with van der Waals surface area (Å²) in [6.07, 6.45) is 3.11. The quantitative estimate of drug-likeness (QED) is 0.0745. The fraction of sp³-hybridized carbons (Fsp3) is 0. The second kappa shape index (κ2) is 15.4. The Labute approximate surface area is 286 Å². The zero-order valence-electron chi connectivity index (χ0n) is 24.6. The molecule has 0 atom stereocenters. The summed E-state index contributed by atoms with van der Waals surface area (Å²) in [4.78, 5) is 28.1. The van der Waals surface area contributed by atoms with Gasteiger partial charge in [-0.05, 0) is 47.2 Å². The van der Waals surface area contributed by atoms with Crippen LogP contribution in [0.3, 0.4) is 0 Å². The van der Waals surface area contributed by atoms with Crippen molar-refractivity contribution in [2.45, 2.75) is 9.79 Å². The van der Waals surface area contributed by atoms with Crippen LogP contribution in [0.4, 0.5) is 22.7 Å². The Bertz CT molecular complexity index is 2130. The van der Waals surface area contributed by atoms with Crippen molar-refractivity contribution in [3.63, 3.8) is 0 Å². The van der Waals surface area contributed by atoms with E-state index in [2.05, 4.69) is 19.4 Å². The Morgan fingerprint density at radius 1 is 0.521 bits per heavy atom. The predicted octanol–water partition coefficient (Wildman–Crippen LogP) is 6.15. The van der Waals surface area contributed by atoms with Crippen LogP contribution < -0.4 is 0 Å². The van der Waals surface area contributed by atoms with Crippen LogP contribution in [-0.2, 0) is 45.0 Å². The van der Waals surface area contributed by atoms with Gasteiger partial charge in [0.25, 0.3) is 11.4 Å². The van der Waals surface area contributed by atoms with E-state index in [4.69, 9.17) is 0 Å². The molecular formula is C30H23N6O9S2Zn+. The van der Waals surface area contributed by atoms with Crippen LogP contribution >= 0.6 is 0 Å². The summed E-state index contributed by atoms with van der Waals surface area (Å²) in [5, 5.41) is 22.8. The number of sulfonamides is 2. The number of pyridine rings is 2. The number of nitrogens with zero attached hydrogens (tertiary/aromatic N) is 6. The maximum atomic E-state index is 12.4. The van der Waals surface area contributed by atoms with Crippen LogP contribution in [-0.4, -0.2) is 36.7 Å². The fourth-order valence-corrected chi connectivity index (χ4v) is 6.15. The number of hydrogen-bond donors (Lipinski definition) is 0. The fourth-order valence-electron chi connectivity index (χ4n) is 4.17. The Morgan fingerprint density at radius 3 is 1.19 bits per heavy atom. The number of nitro groups is 2. The van der Waals surface area contributed by atoms with Crippen LogP contribution in [0.25, 0.3) is 31.3 Å². The average Bonchev–Trinajstić information content (AvgIpc) is 3.05. The van der Waals surface area contributed by atoms with E-state index in [0.717, 1.165) is 59.3 Å². The first kappa shape index (κ1) is 37.0. The third-order valence-corrected chi connectivity index (χ3v) is 8.96. The predicted molar refractivity (Wildman–Crippen MR) is 175 cm³/mol. The van der Waals surface area contributed by atoms with Gasteiger partial charge in [0.1, 0.15) is 20.0 Å². The molecule has 0 bridgehead atoms. The van der Waals surface area contributed by atoms with E-state index in [1.54, 1.807) is 73.1 Å². The molecule has 0 unspecified atom stereocenters. The first-order valence-corrected chi connectivity index (χ1v) is 15.9. The number of nitro benzene ring substituents is 2. The van der Waals surface area contributed by atoms with Gasteiger partial charge in [0, 0.05) is 36.7 Å². The zero-order chi connectivity index (χ0) is 32.9. The first-order chi connectivity index (χ1) is 21.9. The van der Waals surface area contributed by atoms with Crippen molar-refractivity contribution in [2.24, 2.45) is 0 Å². The van der Waals surface area contributed by atoms with Crippen molar-refractivity contribution in [1.29, 1.82) is 0 Å². The third-order valence-electron chi connectivity index (χ3n) is 6.35. The molecule has 4 aromatic carbocycles. The van der Waals surface area contributed by atoms with Crippen molar-refractivity contribution in [1.82, 2.24) is 9.97 Å². The summed E-state index contributed by atoms with van der Waals surface area (Å²) >= 11 is 0. The summed E-state index contributed by atoms with van der Waals surface area (Å²) in [5.41, 5.74) is 1.02. The Hall–Kier alpha value is -5.42. The normalized spacial score (nSPS) is 10.8. The van der Waals surface area contributed by atoms with E-state index >= 15 is 0 Å². The van der Waals surface area contributed by atoms with E-state index in [0.29, 0.717) is 11.0 Å². The summed E-state index contributed by atoms with van der Waals surface area (Å²) < 4.78 is 57.1. The molecule has 0 saturated heterocycles. The molecule has 0 spiro atoms. The van der Waals surface area contributed by atoms with E-state index in [9.17, 15) is 37.1 Å². The van der Waals surface area contributed by atoms with Gasteiger partial charge in [-0.3, -0.25) is 30.2 Å². The van der Waals surface area contributed by atoms with Crippen LogP contribution in [0, 0.1) is 20.2 Å². The average molecular weight is 741 g/mol. The van der Waals surface area contributed by atoms with E-state index < -0.39 is 29.9 Å². The zero-order valence-corrected chi connectivity index (χ0v) is 29.2. The van der Waals surface area contributed by atoms with Crippen LogP contribution in [0.2, 0.25) is 0 Å². The molecule has 0 fully saturated rings. The number of rotatable bonds is 8. The van der Waals surface area contributed by atoms with Crippen molar-refractivity contribution in [3.8, 4) is 0 Å². The van der Waals surface area contributed by atoms with Crippen molar-refractivity contribution in [2.75, 3.05) is 0 Å². The molecule has 0 aliphatic heterocycles. The van der Waals surface area contributed by atoms with Gasteiger partial charge in [-0.25, -0.2) is 16.8 Å². The van der Waals surface area contributed by atoms with Crippen molar-refractivity contribution < 1.29 is 51.6 Å². The largest absolute Gasteiger partial charge is 2.00 e. The molecule has 0 aliphatic rings. The molecule has 2 aromatic heterocycles. The molecule has 240 valence electrons. The number of non-ortho nitro benzene ring substituents is 2. The van der Waals surface area contributed by atoms with Crippen molar-refractivity contribution in [3.05, 3.63) is 151 Å². The molecule has 15 nitrogen and oxygen atoms in total. The molecule has 0 radical (unpaired) electrons. The molecule has 0 amide bonds. The van der Waals surface area contributed by atoms with E-state index in [-0.39, 0.29) is 57.5 Å². The molecule has 48 heavy (non-hydrogen) atoms. The Morgan fingerprint density at radius 2 is 0.854 bits per heavy atom. The number of para-hydroxylation sites is 2. The van der Waals surface area contributed by atoms with Crippen LogP contribution in [0.1, 0.15) is 0 Å². The Kier molecular flexibility index (Phi) is 11.9. The monoisotopic (exact) mass is 739 g/mol. The number of hydrogen-bond acceptors (Lipinski definition) is 10. The number of aromatic nitrogens is 2. The van der Waals surface area contributed by atoms with Crippen molar-refractivity contribution >= 4 is 64.6 Å². The summed E-state index contributed by atoms with van der Waals surface area (Å²) in [7, 11) is -7.97. The van der Waals surface area contributed by atoms with Crippen LogP contribution in [0.5, 0.6) is 0 Å². The van der Waals surface area contributed by atoms with E-state index in [1.807, 2.05) is 0 Å². The van der Waals surface area contributed by atoms with Gasteiger partial charge in [-0.1, -0.05) is 48.5 Å². The molecule has 0 aliphatic carbocycles. The Balaban J connectivity index is 0.000000250. The number of fused-ring (bicyclic) bond motifs is 2. The molecule has 6 rings (SSSR count). The maximum absolute atomic E-state index is 12.4. The maximum Gasteiger partial charge on any atom is 2.00 e. The summed E-state index contributed by atoms with van der Waals surface area (Å²) in [6.45, 7) is 0. The second-order valence-electron chi connectivity index (χ2n) is 9.34. The van der Waals surface area contributed by atoms with Crippen LogP contribution in [0.15, 0.2) is 131 Å². The minimum Gasteiger partial charge on any atom is -0.571 e. The molecular weight excluding hydrogens is 718 g/mol. The van der Waals surface area contributed by atoms with Gasteiger partial charge in [0.15, 0.2) is 0 Å². The van der Waals surface area contributed by atoms with Gasteiger partial charge in [-0.15, -0.1) is 11.4 Å². The second-order valence-corrected chi connectivity index (χ2v) is 12.5. The smallest absolute Gasteiger partial charge is 0.571 e. The minimum absolute atomic E-state index is 0. The van der Waals surface area contributed by atoms with Gasteiger partial charge in [-0.2, -0.15) is 0 Å².